The van der Waals surface area contributed by atoms with Crippen molar-refractivity contribution in [2.24, 2.45) is 0 Å². The maximum Gasteiger partial charge on any atom is 0.345 e. The number of aryl methyl sites for hydroxylation is 1. The molecule has 0 aliphatic heterocycles. The Morgan fingerprint density at radius 3 is 2.50 bits per heavy atom. The first-order valence-electron chi connectivity index (χ1n) is 6.51. The number of H-pyrrole nitrogens is 1. The van der Waals surface area contributed by atoms with Crippen molar-refractivity contribution in [1.29, 1.82) is 0 Å². The number of aromatic nitrogens is 2. The van der Waals surface area contributed by atoms with E-state index in [1.165, 1.54) is 11.8 Å². The normalized spacial score (nSPS) is 10.3. The van der Waals surface area contributed by atoms with E-state index in [0.717, 1.165) is 12.0 Å². The van der Waals surface area contributed by atoms with Gasteiger partial charge in [-0.05, 0) is 18.9 Å². The molecule has 0 aliphatic carbocycles. The number of aromatic amines is 1. The van der Waals surface area contributed by atoms with Crippen molar-refractivity contribution in [3.63, 3.8) is 0 Å². The maximum absolute atomic E-state index is 11.9. The predicted octanol–water partition coefficient (Wildman–Crippen LogP) is 2.18. The van der Waals surface area contributed by atoms with Gasteiger partial charge in [-0.25, -0.2) is 9.78 Å². The third kappa shape index (κ3) is 2.93. The summed E-state index contributed by atoms with van der Waals surface area (Å²) in [7, 11) is 0. The van der Waals surface area contributed by atoms with Crippen LogP contribution in [0.4, 0.5) is 0 Å². The molecule has 104 valence electrons. The summed E-state index contributed by atoms with van der Waals surface area (Å²) in [6.45, 7) is 3.98. The van der Waals surface area contributed by atoms with Crippen LogP contribution in [-0.4, -0.2) is 22.5 Å². The Balaban J connectivity index is 2.32. The zero-order valence-corrected chi connectivity index (χ0v) is 11.5. The summed E-state index contributed by atoms with van der Waals surface area (Å²) in [5.41, 5.74) is 1.43. The smallest absolute Gasteiger partial charge is 0.345 e. The topological polar surface area (TPSA) is 72.0 Å². The molecule has 20 heavy (non-hydrogen) atoms. The van der Waals surface area contributed by atoms with Crippen LogP contribution >= 0.6 is 0 Å². The minimum Gasteiger partial charge on any atom is -0.462 e. The number of benzene rings is 1. The summed E-state index contributed by atoms with van der Waals surface area (Å²) < 4.78 is 4.79. The van der Waals surface area contributed by atoms with Crippen molar-refractivity contribution in [2.45, 2.75) is 20.3 Å². The van der Waals surface area contributed by atoms with Gasteiger partial charge in [0.05, 0.1) is 6.61 Å². The predicted molar refractivity (Wildman–Crippen MR) is 75.6 cm³/mol. The lowest BCUT2D eigenvalue weighted by Crippen LogP contribution is -2.20. The van der Waals surface area contributed by atoms with Gasteiger partial charge < -0.3 is 9.72 Å². The largest absolute Gasteiger partial charge is 0.462 e. The Labute approximate surface area is 116 Å². The summed E-state index contributed by atoms with van der Waals surface area (Å²) in [6, 6.07) is 7.74. The minimum atomic E-state index is -0.658. The second-order valence-electron chi connectivity index (χ2n) is 4.25. The first-order chi connectivity index (χ1) is 9.65. The number of rotatable bonds is 4. The van der Waals surface area contributed by atoms with E-state index in [9.17, 15) is 9.59 Å². The van der Waals surface area contributed by atoms with Gasteiger partial charge >= 0.3 is 5.97 Å². The lowest BCUT2D eigenvalue weighted by molar-refractivity contribution is 0.0524. The van der Waals surface area contributed by atoms with E-state index in [2.05, 4.69) is 16.9 Å². The molecule has 2 rings (SSSR count). The Hall–Kier alpha value is -2.43. The molecule has 0 unspecified atom stereocenters. The van der Waals surface area contributed by atoms with Gasteiger partial charge in [0.15, 0.2) is 0 Å². The summed E-state index contributed by atoms with van der Waals surface area (Å²) in [5.74, 6) is -0.222. The molecule has 0 spiro atoms. The number of nitrogens with one attached hydrogen (secondary N) is 1. The summed E-state index contributed by atoms with van der Waals surface area (Å²) in [4.78, 5) is 30.1. The molecule has 0 radical (unpaired) electrons. The van der Waals surface area contributed by atoms with Crippen molar-refractivity contribution in [3.8, 4) is 11.4 Å². The highest BCUT2D eigenvalue weighted by molar-refractivity contribution is 5.88. The molecular weight excluding hydrogens is 256 g/mol. The summed E-state index contributed by atoms with van der Waals surface area (Å²) in [6.07, 6.45) is 2.20. The molecule has 1 aromatic heterocycles. The molecule has 2 aromatic rings. The van der Waals surface area contributed by atoms with Crippen LogP contribution in [0.1, 0.15) is 29.8 Å². The third-order valence-corrected chi connectivity index (χ3v) is 2.93. The summed E-state index contributed by atoms with van der Waals surface area (Å²) in [5, 5.41) is 0. The second kappa shape index (κ2) is 6.14. The highest BCUT2D eigenvalue weighted by atomic mass is 16.5. The van der Waals surface area contributed by atoms with Crippen molar-refractivity contribution in [2.75, 3.05) is 6.61 Å². The van der Waals surface area contributed by atoms with Crippen LogP contribution in [0.5, 0.6) is 0 Å². The van der Waals surface area contributed by atoms with Gasteiger partial charge in [-0.2, -0.15) is 0 Å². The van der Waals surface area contributed by atoms with Crippen molar-refractivity contribution in [3.05, 3.63) is 51.9 Å². The molecule has 1 heterocycles. The molecule has 5 heteroatoms. The van der Waals surface area contributed by atoms with Crippen LogP contribution in [-0.2, 0) is 11.2 Å². The highest BCUT2D eigenvalue weighted by Crippen LogP contribution is 2.14. The van der Waals surface area contributed by atoms with Gasteiger partial charge in [0, 0.05) is 11.8 Å². The molecule has 0 amide bonds. The molecule has 1 N–H and O–H groups in total. The van der Waals surface area contributed by atoms with Crippen LogP contribution in [0.2, 0.25) is 0 Å². The second-order valence-corrected chi connectivity index (χ2v) is 4.25. The first kappa shape index (κ1) is 14.0. The summed E-state index contributed by atoms with van der Waals surface area (Å²) >= 11 is 0. The van der Waals surface area contributed by atoms with Crippen LogP contribution in [0.15, 0.2) is 35.3 Å². The first-order valence-corrected chi connectivity index (χ1v) is 6.51. The van der Waals surface area contributed by atoms with Crippen LogP contribution < -0.4 is 5.56 Å². The van der Waals surface area contributed by atoms with E-state index in [1.54, 1.807) is 6.92 Å². The fraction of sp³-hybridized carbons (Fsp3) is 0.267. The number of hydrogen-bond donors (Lipinski definition) is 1. The number of carbonyl (C=O) groups excluding carboxylic acids is 1. The zero-order valence-electron chi connectivity index (χ0n) is 11.5. The average molecular weight is 272 g/mol. The Morgan fingerprint density at radius 2 is 1.95 bits per heavy atom. The highest BCUT2D eigenvalue weighted by Gasteiger charge is 2.13. The quantitative estimate of drug-likeness (QED) is 0.866. The van der Waals surface area contributed by atoms with E-state index < -0.39 is 11.5 Å². The van der Waals surface area contributed by atoms with Gasteiger partial charge in [0.2, 0.25) is 0 Å². The SMILES string of the molecule is CCOC(=O)c1cnc(-c2ccc(CC)cc2)[nH]c1=O. The Bertz CT molecular complexity index is 660. The lowest BCUT2D eigenvalue weighted by atomic mass is 10.1. The van der Waals surface area contributed by atoms with E-state index in [0.29, 0.717) is 5.82 Å². The van der Waals surface area contributed by atoms with Crippen LogP contribution in [0.3, 0.4) is 0 Å². The van der Waals surface area contributed by atoms with Gasteiger partial charge in [0.1, 0.15) is 11.4 Å². The fourth-order valence-corrected chi connectivity index (χ4v) is 1.79. The average Bonchev–Trinajstić information content (AvgIpc) is 2.47. The Morgan fingerprint density at radius 1 is 1.25 bits per heavy atom. The van der Waals surface area contributed by atoms with Crippen LogP contribution in [0.25, 0.3) is 11.4 Å². The maximum atomic E-state index is 11.9. The van der Waals surface area contributed by atoms with Crippen molar-refractivity contribution < 1.29 is 9.53 Å². The molecule has 0 fully saturated rings. The monoisotopic (exact) mass is 272 g/mol. The van der Waals surface area contributed by atoms with Gasteiger partial charge in [-0.15, -0.1) is 0 Å². The molecule has 0 aliphatic rings. The van der Waals surface area contributed by atoms with Gasteiger partial charge in [-0.3, -0.25) is 4.79 Å². The molecular formula is C15H16N2O3. The van der Waals surface area contributed by atoms with Gasteiger partial charge in [-0.1, -0.05) is 31.2 Å². The molecule has 0 atom stereocenters. The molecule has 0 saturated heterocycles. The number of carbonyl (C=O) groups is 1. The molecule has 1 aromatic carbocycles. The Kier molecular flexibility index (Phi) is 4.30. The van der Waals surface area contributed by atoms with E-state index in [1.807, 2.05) is 24.3 Å². The number of esters is 1. The molecule has 5 nitrogen and oxygen atoms in total. The standard InChI is InChI=1S/C15H16N2O3/c1-3-10-5-7-11(8-6-10)13-16-9-12(14(18)17-13)15(19)20-4-2/h5-9H,3-4H2,1-2H3,(H,16,17,18). The fourth-order valence-electron chi connectivity index (χ4n) is 1.79. The van der Waals surface area contributed by atoms with Crippen molar-refractivity contribution >= 4 is 5.97 Å². The minimum absolute atomic E-state index is 0.0826. The molecule has 0 saturated carbocycles. The third-order valence-electron chi connectivity index (χ3n) is 2.93. The number of hydrogen-bond acceptors (Lipinski definition) is 4. The van der Waals surface area contributed by atoms with E-state index in [-0.39, 0.29) is 12.2 Å². The lowest BCUT2D eigenvalue weighted by Gasteiger charge is -2.04. The number of nitrogens with zero attached hydrogens (tertiary/aromatic N) is 1. The van der Waals surface area contributed by atoms with Crippen LogP contribution in [0, 0.1) is 0 Å². The van der Waals surface area contributed by atoms with E-state index in [4.69, 9.17) is 4.74 Å². The molecule has 0 bridgehead atoms. The van der Waals surface area contributed by atoms with Crippen molar-refractivity contribution in [1.82, 2.24) is 9.97 Å². The van der Waals surface area contributed by atoms with Gasteiger partial charge in [0.25, 0.3) is 5.56 Å². The number of ether oxygens (including phenoxy) is 1. The zero-order chi connectivity index (χ0) is 14.5. The van der Waals surface area contributed by atoms with E-state index >= 15 is 0 Å².